The van der Waals surface area contributed by atoms with Gasteiger partial charge in [0.15, 0.2) is 0 Å². The first-order chi connectivity index (χ1) is 9.28. The molecule has 2 aromatic heterocycles. The maximum Gasteiger partial charge on any atom is 0.124 e. The molecule has 5 heteroatoms. The van der Waals surface area contributed by atoms with Gasteiger partial charge in [-0.1, -0.05) is 6.07 Å². The summed E-state index contributed by atoms with van der Waals surface area (Å²) in [7, 11) is 0. The molecule has 0 unspecified atom stereocenters. The lowest BCUT2D eigenvalue weighted by atomic mass is 10.2. The summed E-state index contributed by atoms with van der Waals surface area (Å²) in [5, 5.41) is 0. The summed E-state index contributed by atoms with van der Waals surface area (Å²) in [6.07, 6.45) is 5.58. The van der Waals surface area contributed by atoms with Crippen molar-refractivity contribution in [3.63, 3.8) is 0 Å². The fourth-order valence-electron chi connectivity index (χ4n) is 2.27. The number of hydrogen-bond acceptors (Lipinski definition) is 2. The van der Waals surface area contributed by atoms with Crippen LogP contribution in [0.1, 0.15) is 11.4 Å². The zero-order valence-electron chi connectivity index (χ0n) is 10.8. The highest BCUT2D eigenvalue weighted by atomic mass is 35.5. The first kappa shape index (κ1) is 12.2. The van der Waals surface area contributed by atoms with E-state index in [1.54, 1.807) is 6.20 Å². The normalized spacial score (nSPS) is 11.3. The summed E-state index contributed by atoms with van der Waals surface area (Å²) in [5.74, 6) is 1.35. The van der Waals surface area contributed by atoms with Crippen molar-refractivity contribution in [1.82, 2.24) is 19.1 Å². The number of alkyl halides is 1. The van der Waals surface area contributed by atoms with Crippen LogP contribution in [0.2, 0.25) is 0 Å². The van der Waals surface area contributed by atoms with Crippen LogP contribution in [0.4, 0.5) is 0 Å². The highest BCUT2D eigenvalue weighted by Crippen LogP contribution is 2.19. The predicted octanol–water partition coefficient (Wildman–Crippen LogP) is 2.98. The van der Waals surface area contributed by atoms with Crippen LogP contribution in [0.5, 0.6) is 0 Å². The van der Waals surface area contributed by atoms with Crippen molar-refractivity contribution in [2.24, 2.45) is 0 Å². The molecule has 0 atom stereocenters. The van der Waals surface area contributed by atoms with Gasteiger partial charge in [-0.2, -0.15) is 0 Å². The second kappa shape index (κ2) is 5.05. The third kappa shape index (κ3) is 2.36. The summed E-state index contributed by atoms with van der Waals surface area (Å²) in [5.41, 5.74) is 3.39. The van der Waals surface area contributed by atoms with Crippen molar-refractivity contribution in [2.45, 2.75) is 25.9 Å². The van der Waals surface area contributed by atoms with Crippen LogP contribution in [0.3, 0.4) is 0 Å². The Morgan fingerprint density at radius 2 is 2.16 bits per heavy atom. The molecule has 2 heterocycles. The van der Waals surface area contributed by atoms with E-state index in [0.717, 1.165) is 29.9 Å². The minimum atomic E-state index is 0.428. The van der Waals surface area contributed by atoms with Gasteiger partial charge in [0, 0.05) is 25.5 Å². The number of benzene rings is 1. The summed E-state index contributed by atoms with van der Waals surface area (Å²) >= 11 is 6.00. The van der Waals surface area contributed by atoms with Gasteiger partial charge in [0.05, 0.1) is 23.2 Å². The Morgan fingerprint density at radius 3 is 2.89 bits per heavy atom. The van der Waals surface area contributed by atoms with Gasteiger partial charge in [-0.3, -0.25) is 0 Å². The average molecular weight is 275 g/mol. The van der Waals surface area contributed by atoms with Gasteiger partial charge in [0.2, 0.25) is 0 Å². The topological polar surface area (TPSA) is 35.6 Å². The molecule has 3 aromatic rings. The van der Waals surface area contributed by atoms with E-state index in [4.69, 9.17) is 11.6 Å². The minimum Gasteiger partial charge on any atom is -0.336 e. The molecule has 0 spiro atoms. The van der Waals surface area contributed by atoms with Gasteiger partial charge >= 0.3 is 0 Å². The third-order valence-corrected chi connectivity index (χ3v) is 3.48. The Labute approximate surface area is 116 Å². The summed E-state index contributed by atoms with van der Waals surface area (Å²) < 4.78 is 4.25. The van der Waals surface area contributed by atoms with E-state index in [-0.39, 0.29) is 0 Å². The lowest BCUT2D eigenvalue weighted by Gasteiger charge is -2.08. The number of hydrogen-bond donors (Lipinski definition) is 0. The van der Waals surface area contributed by atoms with Gasteiger partial charge in [-0.15, -0.1) is 11.6 Å². The molecule has 0 aliphatic carbocycles. The summed E-state index contributed by atoms with van der Waals surface area (Å²) in [6.45, 7) is 3.80. The number of rotatable bonds is 4. The molecule has 0 saturated heterocycles. The van der Waals surface area contributed by atoms with E-state index in [0.29, 0.717) is 5.88 Å². The Balaban J connectivity index is 1.97. The Bertz CT molecular complexity index is 685. The highest BCUT2D eigenvalue weighted by Gasteiger charge is 2.09. The van der Waals surface area contributed by atoms with Crippen LogP contribution in [-0.2, 0) is 19.0 Å². The lowest BCUT2D eigenvalue weighted by molar-refractivity contribution is 0.577. The van der Waals surface area contributed by atoms with Crippen LogP contribution >= 0.6 is 11.6 Å². The maximum atomic E-state index is 6.00. The quantitative estimate of drug-likeness (QED) is 0.686. The maximum absolute atomic E-state index is 6.00. The molecule has 3 rings (SSSR count). The molecule has 19 heavy (non-hydrogen) atoms. The van der Waals surface area contributed by atoms with E-state index < -0.39 is 0 Å². The zero-order chi connectivity index (χ0) is 13.2. The molecule has 0 aliphatic heterocycles. The Hall–Kier alpha value is -1.81. The highest BCUT2D eigenvalue weighted by molar-refractivity contribution is 6.16. The summed E-state index contributed by atoms with van der Waals surface area (Å²) in [6, 6.07) is 6.29. The van der Waals surface area contributed by atoms with Crippen molar-refractivity contribution < 1.29 is 0 Å². The van der Waals surface area contributed by atoms with Gasteiger partial charge in [-0.25, -0.2) is 9.97 Å². The third-order valence-electron chi connectivity index (χ3n) is 3.24. The second-order valence-electron chi connectivity index (χ2n) is 4.61. The standard InChI is InChI=1S/C14H15ClN4/c1-11-2-3-12-13(8-11)19(14(9-15)17-12)7-6-18-5-4-16-10-18/h2-5,8,10H,6-7,9H2,1H3. The van der Waals surface area contributed by atoms with Crippen LogP contribution in [0.25, 0.3) is 11.0 Å². The molecule has 0 fully saturated rings. The Kier molecular flexibility index (Phi) is 3.25. The van der Waals surface area contributed by atoms with Crippen molar-refractivity contribution in [3.05, 3.63) is 48.3 Å². The van der Waals surface area contributed by atoms with Gasteiger partial charge < -0.3 is 9.13 Å². The minimum absolute atomic E-state index is 0.428. The molecule has 1 aromatic carbocycles. The first-order valence-corrected chi connectivity index (χ1v) is 6.79. The molecule has 0 amide bonds. The smallest absolute Gasteiger partial charge is 0.124 e. The number of nitrogens with zero attached hydrogens (tertiary/aromatic N) is 4. The molecule has 0 aliphatic rings. The van der Waals surface area contributed by atoms with Crippen molar-refractivity contribution in [1.29, 1.82) is 0 Å². The van der Waals surface area contributed by atoms with Gasteiger partial charge in [-0.05, 0) is 24.6 Å². The molecule has 98 valence electrons. The van der Waals surface area contributed by atoms with E-state index in [1.165, 1.54) is 5.56 Å². The van der Waals surface area contributed by atoms with Crippen LogP contribution in [0, 0.1) is 6.92 Å². The monoisotopic (exact) mass is 274 g/mol. The number of halogens is 1. The Morgan fingerprint density at radius 1 is 1.26 bits per heavy atom. The summed E-state index contributed by atoms with van der Waals surface area (Å²) in [4.78, 5) is 8.63. The van der Waals surface area contributed by atoms with Crippen molar-refractivity contribution in [3.8, 4) is 0 Å². The molecule has 4 nitrogen and oxygen atoms in total. The largest absolute Gasteiger partial charge is 0.336 e. The van der Waals surface area contributed by atoms with Gasteiger partial charge in [0.1, 0.15) is 5.82 Å². The molecule has 0 N–H and O–H groups in total. The molecular weight excluding hydrogens is 260 g/mol. The predicted molar refractivity (Wildman–Crippen MR) is 76.3 cm³/mol. The van der Waals surface area contributed by atoms with E-state index in [9.17, 15) is 0 Å². The number of aryl methyl sites for hydroxylation is 3. The fraction of sp³-hybridized carbons (Fsp3) is 0.286. The molecule has 0 radical (unpaired) electrons. The van der Waals surface area contributed by atoms with E-state index in [2.05, 4.69) is 44.2 Å². The van der Waals surface area contributed by atoms with Crippen LogP contribution < -0.4 is 0 Å². The van der Waals surface area contributed by atoms with Crippen LogP contribution in [0.15, 0.2) is 36.9 Å². The molecule has 0 saturated carbocycles. The number of fused-ring (bicyclic) bond motifs is 1. The van der Waals surface area contributed by atoms with E-state index >= 15 is 0 Å². The van der Waals surface area contributed by atoms with Crippen molar-refractivity contribution in [2.75, 3.05) is 0 Å². The fourth-order valence-corrected chi connectivity index (χ4v) is 2.47. The number of imidazole rings is 2. The first-order valence-electron chi connectivity index (χ1n) is 6.25. The lowest BCUT2D eigenvalue weighted by Crippen LogP contribution is -2.08. The SMILES string of the molecule is Cc1ccc2nc(CCl)n(CCn3ccnc3)c2c1. The van der Waals surface area contributed by atoms with Crippen LogP contribution in [-0.4, -0.2) is 19.1 Å². The molecule has 0 bridgehead atoms. The second-order valence-corrected chi connectivity index (χ2v) is 4.87. The average Bonchev–Trinajstić information content (AvgIpc) is 3.03. The van der Waals surface area contributed by atoms with Gasteiger partial charge in [0.25, 0.3) is 0 Å². The number of aromatic nitrogens is 4. The zero-order valence-corrected chi connectivity index (χ0v) is 11.5. The molecular formula is C14H15ClN4. The van der Waals surface area contributed by atoms with E-state index in [1.807, 2.05) is 12.5 Å². The van der Waals surface area contributed by atoms with Crippen molar-refractivity contribution >= 4 is 22.6 Å².